The number of ketones is 1. The quantitative estimate of drug-likeness (QED) is 0.278. The maximum atomic E-state index is 12.2. The molecule has 0 fully saturated rings. The van der Waals surface area contributed by atoms with Crippen molar-refractivity contribution in [2.45, 2.75) is 39.0 Å². The van der Waals surface area contributed by atoms with Gasteiger partial charge in [-0.25, -0.2) is 0 Å². The van der Waals surface area contributed by atoms with Crippen LogP contribution in [-0.4, -0.2) is 70.0 Å². The van der Waals surface area contributed by atoms with Crippen LogP contribution < -0.4 is 16.4 Å². The Morgan fingerprint density at radius 3 is 2.04 bits per heavy atom. The summed E-state index contributed by atoms with van der Waals surface area (Å²) in [4.78, 5) is 46.3. The fraction of sp³-hybridized carbons (Fsp3) is 0.714. The van der Waals surface area contributed by atoms with Gasteiger partial charge in [-0.15, -0.1) is 0 Å². The van der Waals surface area contributed by atoms with Gasteiger partial charge in [-0.3, -0.25) is 19.2 Å². The number of aliphatic hydroxyl groups excluding tert-OH is 2. The molecule has 9 nitrogen and oxygen atoms in total. The number of primary amides is 1. The third-order valence-electron chi connectivity index (χ3n) is 3.20. The molecule has 0 radical (unpaired) electrons. The van der Waals surface area contributed by atoms with E-state index in [0.29, 0.717) is 0 Å². The van der Waals surface area contributed by atoms with E-state index in [0.717, 1.165) is 11.8 Å². The zero-order chi connectivity index (χ0) is 18.9. The molecule has 0 aliphatic carbocycles. The lowest BCUT2D eigenvalue weighted by atomic mass is 10.1. The van der Waals surface area contributed by atoms with Crippen LogP contribution in [0.25, 0.3) is 0 Å². The van der Waals surface area contributed by atoms with Crippen LogP contribution >= 0.6 is 11.8 Å². The average Bonchev–Trinajstić information content (AvgIpc) is 2.49. The Hall–Kier alpha value is -1.65. The second-order valence-corrected chi connectivity index (χ2v) is 6.48. The topological polar surface area (TPSA) is 159 Å². The van der Waals surface area contributed by atoms with E-state index in [1.54, 1.807) is 0 Å². The van der Waals surface area contributed by atoms with Crippen LogP contribution in [-0.2, 0) is 19.2 Å². The van der Waals surface area contributed by atoms with Gasteiger partial charge in [0.2, 0.25) is 17.7 Å². The van der Waals surface area contributed by atoms with Gasteiger partial charge in [0.15, 0.2) is 0 Å². The van der Waals surface area contributed by atoms with Crippen molar-refractivity contribution < 1.29 is 29.4 Å². The number of nitrogens with one attached hydrogen (secondary N) is 2. The van der Waals surface area contributed by atoms with Crippen LogP contribution in [0, 0.1) is 5.92 Å². The van der Waals surface area contributed by atoms with E-state index < -0.39 is 48.4 Å². The molecule has 6 N–H and O–H groups in total. The van der Waals surface area contributed by atoms with E-state index in [9.17, 15) is 24.3 Å². The third kappa shape index (κ3) is 8.27. The Labute approximate surface area is 144 Å². The predicted octanol–water partition coefficient (Wildman–Crippen LogP) is -2.23. The lowest BCUT2D eigenvalue weighted by Crippen LogP contribution is -2.56. The number of hydrogen-bond donors (Lipinski definition) is 5. The molecule has 0 rings (SSSR count). The molecular weight excluding hydrogens is 338 g/mol. The first-order valence-electron chi connectivity index (χ1n) is 7.36. The molecule has 0 aliphatic rings. The first kappa shape index (κ1) is 22.4. The van der Waals surface area contributed by atoms with Crippen molar-refractivity contribution in [2.75, 3.05) is 18.1 Å². The van der Waals surface area contributed by atoms with Crippen molar-refractivity contribution in [3.05, 3.63) is 0 Å². The number of aliphatic hydroxyl groups is 2. The maximum Gasteiger partial charge on any atom is 0.244 e. The van der Waals surface area contributed by atoms with Gasteiger partial charge in [0, 0.05) is 5.75 Å². The molecule has 0 aromatic heterocycles. The largest absolute Gasteiger partial charge is 0.394 e. The first-order chi connectivity index (χ1) is 11.1. The molecule has 138 valence electrons. The SMILES string of the molecule is CC(=O)CSC[C@H](NC(=O)[C@@H](C)C(C)O)C(=O)N[C@@H](CO)C(N)=O. The van der Waals surface area contributed by atoms with Crippen LogP contribution in [0.1, 0.15) is 20.8 Å². The van der Waals surface area contributed by atoms with Crippen molar-refractivity contribution in [1.29, 1.82) is 0 Å². The minimum Gasteiger partial charge on any atom is -0.394 e. The molecule has 24 heavy (non-hydrogen) atoms. The van der Waals surface area contributed by atoms with Crippen molar-refractivity contribution >= 4 is 35.3 Å². The number of carbonyl (C=O) groups excluding carboxylic acids is 4. The standard InChI is InChI=1S/C14H25N3O6S/c1-7(19)5-24-6-11(17-13(22)8(2)9(3)20)14(23)16-10(4-18)12(15)21/h8-11,18,20H,4-6H2,1-3H3,(H2,15,21)(H,16,23)(H,17,22)/t8-,9?,10-,11-/m0/s1. The number of thioether (sulfide) groups is 1. The lowest BCUT2D eigenvalue weighted by Gasteiger charge is -2.23. The number of amides is 3. The predicted molar refractivity (Wildman–Crippen MR) is 89.0 cm³/mol. The highest BCUT2D eigenvalue weighted by atomic mass is 32.2. The second kappa shape index (κ2) is 11.0. The van der Waals surface area contributed by atoms with E-state index in [4.69, 9.17) is 10.8 Å². The highest BCUT2D eigenvalue weighted by Gasteiger charge is 2.28. The van der Waals surface area contributed by atoms with Gasteiger partial charge in [-0.05, 0) is 13.8 Å². The van der Waals surface area contributed by atoms with Crippen LogP contribution in [0.5, 0.6) is 0 Å². The number of carbonyl (C=O) groups is 4. The Morgan fingerprint density at radius 2 is 1.62 bits per heavy atom. The Morgan fingerprint density at radius 1 is 1.08 bits per heavy atom. The molecule has 1 unspecified atom stereocenters. The van der Waals surface area contributed by atoms with Gasteiger partial charge in [0.1, 0.15) is 17.9 Å². The van der Waals surface area contributed by atoms with Gasteiger partial charge in [0.25, 0.3) is 0 Å². The number of rotatable bonds is 11. The zero-order valence-corrected chi connectivity index (χ0v) is 14.8. The summed E-state index contributed by atoms with van der Waals surface area (Å²) in [5.41, 5.74) is 5.04. The number of Topliss-reactive ketones (excluding diaryl/α,β-unsaturated/α-hetero) is 1. The summed E-state index contributed by atoms with van der Waals surface area (Å²) < 4.78 is 0. The molecule has 0 heterocycles. The molecule has 0 aromatic rings. The molecule has 0 saturated carbocycles. The molecule has 0 bridgehead atoms. The van der Waals surface area contributed by atoms with Gasteiger partial charge in [-0.2, -0.15) is 11.8 Å². The van der Waals surface area contributed by atoms with Gasteiger partial charge >= 0.3 is 0 Å². The summed E-state index contributed by atoms with van der Waals surface area (Å²) in [6.45, 7) is 3.66. The second-order valence-electron chi connectivity index (χ2n) is 5.45. The highest BCUT2D eigenvalue weighted by molar-refractivity contribution is 8.00. The molecule has 3 amide bonds. The monoisotopic (exact) mass is 363 g/mol. The normalized spacial score (nSPS) is 15.7. The maximum absolute atomic E-state index is 12.2. The van der Waals surface area contributed by atoms with Crippen molar-refractivity contribution in [1.82, 2.24) is 10.6 Å². The Kier molecular flexibility index (Phi) is 10.2. The molecule has 0 spiro atoms. The van der Waals surface area contributed by atoms with E-state index in [1.165, 1.54) is 20.8 Å². The summed E-state index contributed by atoms with van der Waals surface area (Å²) >= 11 is 1.14. The number of nitrogens with two attached hydrogens (primary N) is 1. The zero-order valence-electron chi connectivity index (χ0n) is 13.9. The van der Waals surface area contributed by atoms with Crippen LogP contribution in [0.4, 0.5) is 0 Å². The fourth-order valence-corrected chi connectivity index (χ4v) is 2.38. The minimum absolute atomic E-state index is 0.0839. The number of hydrogen-bond acceptors (Lipinski definition) is 7. The highest BCUT2D eigenvalue weighted by Crippen LogP contribution is 2.07. The summed E-state index contributed by atoms with van der Waals surface area (Å²) in [5.74, 6) is -2.77. The van der Waals surface area contributed by atoms with E-state index in [2.05, 4.69) is 10.6 Å². The van der Waals surface area contributed by atoms with Crippen molar-refractivity contribution in [2.24, 2.45) is 11.7 Å². The summed E-state index contributed by atoms with van der Waals surface area (Å²) in [7, 11) is 0. The van der Waals surface area contributed by atoms with E-state index >= 15 is 0 Å². The van der Waals surface area contributed by atoms with Crippen LogP contribution in [0.3, 0.4) is 0 Å². The van der Waals surface area contributed by atoms with Gasteiger partial charge < -0.3 is 26.6 Å². The summed E-state index contributed by atoms with van der Waals surface area (Å²) in [6.07, 6.45) is -0.908. The average molecular weight is 363 g/mol. The minimum atomic E-state index is -1.27. The van der Waals surface area contributed by atoms with Crippen molar-refractivity contribution in [3.8, 4) is 0 Å². The van der Waals surface area contributed by atoms with Crippen molar-refractivity contribution in [3.63, 3.8) is 0 Å². The molecule has 0 aliphatic heterocycles. The fourth-order valence-electron chi connectivity index (χ4n) is 1.50. The summed E-state index contributed by atoms with van der Waals surface area (Å²) in [6, 6.07) is -2.32. The molecular formula is C14H25N3O6S. The smallest absolute Gasteiger partial charge is 0.244 e. The lowest BCUT2D eigenvalue weighted by molar-refractivity contribution is -0.133. The molecule has 10 heteroatoms. The van der Waals surface area contributed by atoms with Crippen LogP contribution in [0.2, 0.25) is 0 Å². The van der Waals surface area contributed by atoms with E-state index in [1.807, 2.05) is 0 Å². The third-order valence-corrected chi connectivity index (χ3v) is 4.38. The van der Waals surface area contributed by atoms with Gasteiger partial charge in [-0.1, -0.05) is 6.92 Å². The molecule has 0 saturated heterocycles. The first-order valence-corrected chi connectivity index (χ1v) is 8.51. The van der Waals surface area contributed by atoms with Crippen LogP contribution in [0.15, 0.2) is 0 Å². The Balaban J connectivity index is 4.96. The van der Waals surface area contributed by atoms with E-state index in [-0.39, 0.29) is 17.3 Å². The molecule has 0 aromatic carbocycles. The Bertz CT molecular complexity index is 471. The van der Waals surface area contributed by atoms with Gasteiger partial charge in [0.05, 0.1) is 24.4 Å². The molecule has 4 atom stereocenters. The summed E-state index contributed by atoms with van der Waals surface area (Å²) in [5, 5.41) is 23.2.